The van der Waals surface area contributed by atoms with Crippen molar-refractivity contribution in [3.05, 3.63) is 96.1 Å². The van der Waals surface area contributed by atoms with Crippen molar-refractivity contribution in [2.75, 3.05) is 26.4 Å². The highest BCUT2D eigenvalue weighted by molar-refractivity contribution is 5.81. The molecule has 0 N–H and O–H groups in total. The molecule has 0 amide bonds. The lowest BCUT2D eigenvalue weighted by molar-refractivity contribution is -0.437. The largest absolute Gasteiger partial charge is 0.513 e. The summed E-state index contributed by atoms with van der Waals surface area (Å²) in [7, 11) is 0. The Labute approximate surface area is 296 Å². The Balaban J connectivity index is 2.76. The van der Waals surface area contributed by atoms with E-state index in [0.29, 0.717) is 11.1 Å². The molecule has 50 heavy (non-hydrogen) atoms. The molecule has 0 aliphatic carbocycles. The monoisotopic (exact) mass is 698 g/mol. The van der Waals surface area contributed by atoms with Crippen LogP contribution < -0.4 is 0 Å². The maximum absolute atomic E-state index is 14.2. The van der Waals surface area contributed by atoms with Crippen molar-refractivity contribution in [1.82, 2.24) is 0 Å². The van der Waals surface area contributed by atoms with Crippen LogP contribution in [0.5, 0.6) is 0 Å². The summed E-state index contributed by atoms with van der Waals surface area (Å²) in [6.45, 7) is 25.1. The minimum atomic E-state index is -2.14. The molecule has 0 spiro atoms. The van der Waals surface area contributed by atoms with Gasteiger partial charge in [-0.25, -0.2) is 14.4 Å². The Hall–Kier alpha value is -4.03. The van der Waals surface area contributed by atoms with Crippen molar-refractivity contribution in [3.63, 3.8) is 0 Å². The Morgan fingerprint density at radius 2 is 0.940 bits per heavy atom. The molecule has 2 rings (SSSR count). The molecule has 0 saturated carbocycles. The lowest BCUT2D eigenvalue weighted by Gasteiger charge is -2.45. The second-order valence-electron chi connectivity index (χ2n) is 13.4. The Kier molecular flexibility index (Phi) is 15.4. The summed E-state index contributed by atoms with van der Waals surface area (Å²) < 4.78 is 23.7. The summed E-state index contributed by atoms with van der Waals surface area (Å²) in [4.78, 5) is 60.5. The van der Waals surface area contributed by atoms with Gasteiger partial charge in [0, 0.05) is 25.4 Å². The minimum absolute atomic E-state index is 0.190. The number of hydrogen-bond acceptors (Lipinski definition) is 11. The van der Waals surface area contributed by atoms with Gasteiger partial charge in [0.05, 0.1) is 10.8 Å². The fraction of sp³-hybridized carbons (Fsp3) is 0.513. The van der Waals surface area contributed by atoms with Crippen LogP contribution >= 0.6 is 0 Å². The first-order valence-electron chi connectivity index (χ1n) is 16.8. The van der Waals surface area contributed by atoms with E-state index < -0.39 is 53.7 Å². The van der Waals surface area contributed by atoms with Crippen LogP contribution in [0.1, 0.15) is 103 Å². The second-order valence-corrected chi connectivity index (χ2v) is 13.4. The van der Waals surface area contributed by atoms with Gasteiger partial charge in [-0.1, -0.05) is 89.4 Å². The molecule has 2 aromatic rings. The van der Waals surface area contributed by atoms with E-state index >= 15 is 0 Å². The van der Waals surface area contributed by atoms with Crippen LogP contribution in [-0.4, -0.2) is 56.1 Å². The fourth-order valence-corrected chi connectivity index (χ4v) is 5.02. The lowest BCUT2D eigenvalue weighted by Crippen LogP contribution is -2.60. The van der Waals surface area contributed by atoms with E-state index in [1.807, 2.05) is 48.5 Å². The van der Waals surface area contributed by atoms with Crippen LogP contribution in [0.25, 0.3) is 0 Å². The second kappa shape index (κ2) is 18.3. The predicted molar refractivity (Wildman–Crippen MR) is 188 cm³/mol. The molecule has 0 fully saturated rings. The van der Waals surface area contributed by atoms with E-state index in [0.717, 1.165) is 23.3 Å². The number of carbonyl (C=O) groups excluding carboxylic acids is 3. The molecule has 0 aromatic heterocycles. The van der Waals surface area contributed by atoms with E-state index in [2.05, 4.69) is 40.9 Å². The highest BCUT2D eigenvalue weighted by Crippen LogP contribution is 2.44. The third kappa shape index (κ3) is 10.0. The van der Waals surface area contributed by atoms with Crippen molar-refractivity contribution in [1.29, 1.82) is 0 Å². The molecule has 2 unspecified atom stereocenters. The zero-order valence-electron chi connectivity index (χ0n) is 31.2. The minimum Gasteiger partial charge on any atom is -0.394 e. The van der Waals surface area contributed by atoms with Crippen molar-refractivity contribution >= 4 is 18.1 Å². The zero-order chi connectivity index (χ0) is 37.8. The number of rotatable bonds is 20. The van der Waals surface area contributed by atoms with E-state index in [1.165, 1.54) is 0 Å². The molecule has 11 nitrogen and oxygen atoms in total. The average molecular weight is 699 g/mol. The lowest BCUT2D eigenvalue weighted by atomic mass is 9.76. The first-order chi connectivity index (χ1) is 23.5. The SMILES string of the molecule is C=CC(=O)OOC(COCC)(OC(=O)OC(COCC)(OOC(=O)C=C)C(C)(C)c1ccc(C(C)C)cc1)C(C)(C)c1ccc(C(C)C)cc1. The first kappa shape index (κ1) is 42.1. The quantitative estimate of drug-likeness (QED) is 0.0438. The summed E-state index contributed by atoms with van der Waals surface area (Å²) in [5, 5.41) is 0. The number of ether oxygens (including phenoxy) is 4. The third-order valence-electron chi connectivity index (χ3n) is 8.84. The van der Waals surface area contributed by atoms with Gasteiger partial charge in [-0.15, -0.1) is 9.78 Å². The van der Waals surface area contributed by atoms with Crippen LogP contribution in [0, 0.1) is 0 Å². The zero-order valence-corrected chi connectivity index (χ0v) is 31.2. The average Bonchev–Trinajstić information content (AvgIpc) is 3.09. The van der Waals surface area contributed by atoms with Crippen LogP contribution in [-0.2, 0) is 58.9 Å². The molecule has 0 saturated heterocycles. The normalized spacial score (nSPS) is 14.3. The van der Waals surface area contributed by atoms with Crippen molar-refractivity contribution in [2.45, 2.75) is 103 Å². The van der Waals surface area contributed by atoms with Crippen LogP contribution in [0.4, 0.5) is 4.79 Å². The molecule has 0 radical (unpaired) electrons. The van der Waals surface area contributed by atoms with Gasteiger partial charge >= 0.3 is 18.1 Å². The molecular formula is C39H54O11. The molecule has 276 valence electrons. The molecule has 2 aromatic carbocycles. The number of hydrogen-bond donors (Lipinski definition) is 0. The smallest absolute Gasteiger partial charge is 0.394 e. The van der Waals surface area contributed by atoms with Gasteiger partial charge in [-0.05, 0) is 75.6 Å². The summed E-state index contributed by atoms with van der Waals surface area (Å²) in [6, 6.07) is 15.3. The molecule has 0 bridgehead atoms. The maximum atomic E-state index is 14.2. The first-order valence-corrected chi connectivity index (χ1v) is 16.8. The molecule has 11 heteroatoms. The van der Waals surface area contributed by atoms with Gasteiger partial charge < -0.3 is 18.9 Å². The number of carbonyl (C=O) groups is 3. The van der Waals surface area contributed by atoms with E-state index in [9.17, 15) is 14.4 Å². The summed E-state index contributed by atoms with van der Waals surface area (Å²) in [6.07, 6.45) is 0.458. The molecule has 0 heterocycles. The summed E-state index contributed by atoms with van der Waals surface area (Å²) in [5.74, 6) is -5.65. The highest BCUT2D eigenvalue weighted by Gasteiger charge is 2.58. The van der Waals surface area contributed by atoms with E-state index in [4.69, 9.17) is 38.5 Å². The maximum Gasteiger partial charge on any atom is 0.513 e. The highest BCUT2D eigenvalue weighted by atomic mass is 17.3. The number of benzene rings is 2. The fourth-order valence-electron chi connectivity index (χ4n) is 5.02. The van der Waals surface area contributed by atoms with Crippen molar-refractivity contribution < 1.29 is 52.9 Å². The molecule has 2 atom stereocenters. The Morgan fingerprint density at radius 1 is 0.620 bits per heavy atom. The van der Waals surface area contributed by atoms with E-state index in [1.54, 1.807) is 41.5 Å². The van der Waals surface area contributed by atoms with Gasteiger partial charge in [0.1, 0.15) is 13.2 Å². The molecule has 0 aliphatic heterocycles. The molecular weight excluding hydrogens is 644 g/mol. The van der Waals surface area contributed by atoms with Gasteiger partial charge in [-0.2, -0.15) is 0 Å². The Morgan fingerprint density at radius 3 is 1.20 bits per heavy atom. The Bertz CT molecular complexity index is 1320. The third-order valence-corrected chi connectivity index (χ3v) is 8.84. The van der Waals surface area contributed by atoms with Crippen LogP contribution in [0.15, 0.2) is 73.8 Å². The van der Waals surface area contributed by atoms with Gasteiger partial charge in [0.25, 0.3) is 11.6 Å². The van der Waals surface area contributed by atoms with E-state index in [-0.39, 0.29) is 25.0 Å². The van der Waals surface area contributed by atoms with Crippen LogP contribution in [0.2, 0.25) is 0 Å². The van der Waals surface area contributed by atoms with Gasteiger partial charge in [-0.3, -0.25) is 9.78 Å². The van der Waals surface area contributed by atoms with Crippen molar-refractivity contribution in [2.24, 2.45) is 0 Å². The van der Waals surface area contributed by atoms with Gasteiger partial charge in [0.2, 0.25) is 0 Å². The topological polar surface area (TPSA) is 125 Å². The van der Waals surface area contributed by atoms with Crippen LogP contribution in [0.3, 0.4) is 0 Å². The summed E-state index contributed by atoms with van der Waals surface area (Å²) in [5.41, 5.74) is 0.973. The van der Waals surface area contributed by atoms with Gasteiger partial charge in [0.15, 0.2) is 0 Å². The van der Waals surface area contributed by atoms with Crippen molar-refractivity contribution in [3.8, 4) is 0 Å². The molecule has 0 aliphatic rings. The summed E-state index contributed by atoms with van der Waals surface area (Å²) >= 11 is 0. The standard InChI is InChI=1S/C39H54O11/c1-13-33(40)47-49-38(25-43-15-3,36(9,10)31-21-17-29(18-22-31)27(5)6)45-35(42)46-39(26-44-16-4,50-48-34(41)14-2)37(11,12)32-23-19-30(20-24-32)28(7)8/h13-14,17-24,27-28H,1-2,15-16,25-26H2,3-12H3. The predicted octanol–water partition coefficient (Wildman–Crippen LogP) is 8.13.